The molecule has 0 radical (unpaired) electrons. The molecule has 1 aromatic heterocycles. The quantitative estimate of drug-likeness (QED) is 0.743. The molecule has 106 valence electrons. The topological polar surface area (TPSA) is 38.9 Å². The summed E-state index contributed by atoms with van der Waals surface area (Å²) in [7, 11) is 0. The van der Waals surface area contributed by atoms with E-state index < -0.39 is 6.04 Å². The van der Waals surface area contributed by atoms with Gasteiger partial charge in [0.25, 0.3) is 0 Å². The van der Waals surface area contributed by atoms with E-state index in [1.807, 2.05) is 37.3 Å². The lowest BCUT2D eigenvalue weighted by atomic mass is 9.97. The molecule has 0 amide bonds. The molecule has 2 nitrogen and oxygen atoms in total. The van der Waals surface area contributed by atoms with Crippen molar-refractivity contribution in [1.29, 1.82) is 0 Å². The number of pyridine rings is 1. The number of benzene rings is 2. The third-order valence-corrected chi connectivity index (χ3v) is 4.00. The van der Waals surface area contributed by atoms with Gasteiger partial charge in [-0.3, -0.25) is 4.98 Å². The van der Waals surface area contributed by atoms with E-state index in [1.165, 1.54) is 6.07 Å². The third kappa shape index (κ3) is 2.82. The number of fused-ring (bicyclic) bond motifs is 1. The predicted octanol–water partition coefficient (Wildman–Crippen LogP) is 4.49. The van der Waals surface area contributed by atoms with Crippen molar-refractivity contribution in [3.8, 4) is 0 Å². The number of rotatable bonds is 2. The first-order valence-corrected chi connectivity index (χ1v) is 7.42. The summed E-state index contributed by atoms with van der Waals surface area (Å²) >= 11 is 3.35. The normalized spacial score (nSPS) is 12.6. The van der Waals surface area contributed by atoms with Crippen LogP contribution in [-0.2, 0) is 0 Å². The molecule has 0 fully saturated rings. The summed E-state index contributed by atoms with van der Waals surface area (Å²) in [5, 5.41) is 1.00. The van der Waals surface area contributed by atoms with Crippen molar-refractivity contribution >= 4 is 26.8 Å². The molecule has 21 heavy (non-hydrogen) atoms. The maximum atomic E-state index is 14.0. The Hall–Kier alpha value is -1.78. The van der Waals surface area contributed by atoms with E-state index in [0.717, 1.165) is 26.6 Å². The van der Waals surface area contributed by atoms with Gasteiger partial charge in [-0.15, -0.1) is 0 Å². The number of aromatic nitrogens is 1. The Morgan fingerprint density at radius 1 is 1.10 bits per heavy atom. The first-order valence-electron chi connectivity index (χ1n) is 6.62. The van der Waals surface area contributed by atoms with Crippen molar-refractivity contribution in [2.24, 2.45) is 5.73 Å². The number of nitrogens with zero attached hydrogens (tertiary/aromatic N) is 1. The van der Waals surface area contributed by atoms with Crippen LogP contribution in [0, 0.1) is 12.7 Å². The standard InChI is InChI=1S/C17H14BrFN2/c1-10-2-3-11-8-12(4-7-16(11)21-10)17(20)14-9-13(18)5-6-15(14)19/h2-9,17H,20H2,1H3. The summed E-state index contributed by atoms with van der Waals surface area (Å²) in [6.07, 6.45) is 0. The van der Waals surface area contributed by atoms with Gasteiger partial charge in [0.15, 0.2) is 0 Å². The summed E-state index contributed by atoms with van der Waals surface area (Å²) in [4.78, 5) is 4.46. The van der Waals surface area contributed by atoms with E-state index in [0.29, 0.717) is 5.56 Å². The van der Waals surface area contributed by atoms with E-state index in [-0.39, 0.29) is 5.82 Å². The molecule has 0 spiro atoms. The minimum atomic E-state index is -0.506. The molecule has 3 aromatic rings. The van der Waals surface area contributed by atoms with E-state index in [1.54, 1.807) is 12.1 Å². The molecule has 2 N–H and O–H groups in total. The van der Waals surface area contributed by atoms with Crippen LogP contribution in [0.4, 0.5) is 4.39 Å². The van der Waals surface area contributed by atoms with Crippen LogP contribution >= 0.6 is 15.9 Å². The number of aryl methyl sites for hydroxylation is 1. The summed E-state index contributed by atoms with van der Waals surface area (Å²) in [6.45, 7) is 1.95. The zero-order chi connectivity index (χ0) is 15.0. The fourth-order valence-electron chi connectivity index (χ4n) is 2.37. The van der Waals surface area contributed by atoms with E-state index in [4.69, 9.17) is 5.73 Å². The predicted molar refractivity (Wildman–Crippen MR) is 86.6 cm³/mol. The largest absolute Gasteiger partial charge is 0.320 e. The van der Waals surface area contributed by atoms with Gasteiger partial charge >= 0.3 is 0 Å². The zero-order valence-corrected chi connectivity index (χ0v) is 13.1. The van der Waals surface area contributed by atoms with Crippen LogP contribution in [0.3, 0.4) is 0 Å². The highest BCUT2D eigenvalue weighted by Gasteiger charge is 2.14. The van der Waals surface area contributed by atoms with Crippen LogP contribution in [0.1, 0.15) is 22.9 Å². The Morgan fingerprint density at radius 3 is 2.71 bits per heavy atom. The molecule has 0 bridgehead atoms. The van der Waals surface area contributed by atoms with Crippen LogP contribution in [0.5, 0.6) is 0 Å². The monoisotopic (exact) mass is 344 g/mol. The van der Waals surface area contributed by atoms with Gasteiger partial charge in [0.2, 0.25) is 0 Å². The van der Waals surface area contributed by atoms with Gasteiger partial charge in [-0.25, -0.2) is 4.39 Å². The average Bonchev–Trinajstić information content (AvgIpc) is 2.48. The minimum Gasteiger partial charge on any atom is -0.320 e. The molecule has 1 atom stereocenters. The maximum Gasteiger partial charge on any atom is 0.128 e. The Labute approximate surface area is 130 Å². The van der Waals surface area contributed by atoms with E-state index in [2.05, 4.69) is 20.9 Å². The molecule has 3 rings (SSSR count). The molecule has 0 aliphatic rings. The second-order valence-electron chi connectivity index (χ2n) is 5.05. The van der Waals surface area contributed by atoms with Crippen molar-refractivity contribution < 1.29 is 4.39 Å². The Balaban J connectivity index is 2.07. The van der Waals surface area contributed by atoms with Crippen molar-refractivity contribution in [3.63, 3.8) is 0 Å². The minimum absolute atomic E-state index is 0.298. The van der Waals surface area contributed by atoms with Gasteiger partial charge in [-0.2, -0.15) is 0 Å². The number of hydrogen-bond donors (Lipinski definition) is 1. The highest BCUT2D eigenvalue weighted by molar-refractivity contribution is 9.10. The van der Waals surface area contributed by atoms with Gasteiger partial charge in [0.1, 0.15) is 5.82 Å². The van der Waals surface area contributed by atoms with Gasteiger partial charge in [-0.1, -0.05) is 28.1 Å². The highest BCUT2D eigenvalue weighted by Crippen LogP contribution is 2.27. The van der Waals surface area contributed by atoms with Crippen molar-refractivity contribution in [2.75, 3.05) is 0 Å². The van der Waals surface area contributed by atoms with Crippen molar-refractivity contribution in [2.45, 2.75) is 13.0 Å². The van der Waals surface area contributed by atoms with Crippen LogP contribution in [0.15, 0.2) is 53.0 Å². The van der Waals surface area contributed by atoms with Gasteiger partial charge in [0.05, 0.1) is 11.6 Å². The fraction of sp³-hybridized carbons (Fsp3) is 0.118. The molecule has 1 unspecified atom stereocenters. The van der Waals surface area contributed by atoms with Crippen LogP contribution in [-0.4, -0.2) is 4.98 Å². The summed E-state index contributed by atoms with van der Waals surface area (Å²) in [6, 6.07) is 14.1. The number of halogens is 2. The van der Waals surface area contributed by atoms with Gasteiger partial charge in [-0.05, 0) is 48.9 Å². The number of hydrogen-bond acceptors (Lipinski definition) is 2. The molecule has 0 saturated carbocycles. The maximum absolute atomic E-state index is 14.0. The van der Waals surface area contributed by atoms with Crippen molar-refractivity contribution in [1.82, 2.24) is 4.98 Å². The summed E-state index contributed by atoms with van der Waals surface area (Å²) < 4.78 is 14.8. The van der Waals surface area contributed by atoms with E-state index >= 15 is 0 Å². The van der Waals surface area contributed by atoms with Gasteiger partial charge in [0, 0.05) is 21.1 Å². The first kappa shape index (κ1) is 14.2. The van der Waals surface area contributed by atoms with Crippen LogP contribution < -0.4 is 5.73 Å². The summed E-state index contributed by atoms with van der Waals surface area (Å²) in [5.74, 6) is -0.298. The molecule has 4 heteroatoms. The first-order chi connectivity index (χ1) is 10.0. The second kappa shape index (κ2) is 5.54. The lowest BCUT2D eigenvalue weighted by Gasteiger charge is -2.14. The molecule has 0 saturated heterocycles. The third-order valence-electron chi connectivity index (χ3n) is 3.50. The summed E-state index contributed by atoms with van der Waals surface area (Å²) in [5.41, 5.74) is 9.45. The van der Waals surface area contributed by atoms with Crippen LogP contribution in [0.2, 0.25) is 0 Å². The molecule has 0 aliphatic carbocycles. The Kier molecular flexibility index (Phi) is 3.74. The molecular formula is C17H14BrFN2. The van der Waals surface area contributed by atoms with Gasteiger partial charge < -0.3 is 5.73 Å². The average molecular weight is 345 g/mol. The van der Waals surface area contributed by atoms with Crippen molar-refractivity contribution in [3.05, 3.63) is 75.6 Å². The highest BCUT2D eigenvalue weighted by atomic mass is 79.9. The lowest BCUT2D eigenvalue weighted by Crippen LogP contribution is -2.13. The second-order valence-corrected chi connectivity index (χ2v) is 5.96. The smallest absolute Gasteiger partial charge is 0.128 e. The molecule has 1 heterocycles. The number of nitrogens with two attached hydrogens (primary N) is 1. The Bertz CT molecular complexity index is 817. The van der Waals surface area contributed by atoms with E-state index in [9.17, 15) is 4.39 Å². The SMILES string of the molecule is Cc1ccc2cc(C(N)c3cc(Br)ccc3F)ccc2n1. The fourth-order valence-corrected chi connectivity index (χ4v) is 2.75. The zero-order valence-electron chi connectivity index (χ0n) is 11.5. The molecular weight excluding hydrogens is 331 g/mol. The lowest BCUT2D eigenvalue weighted by molar-refractivity contribution is 0.599. The Morgan fingerprint density at radius 2 is 1.90 bits per heavy atom. The molecule has 2 aromatic carbocycles. The molecule has 0 aliphatic heterocycles. The van der Waals surface area contributed by atoms with Crippen LogP contribution in [0.25, 0.3) is 10.9 Å².